The Bertz CT molecular complexity index is 133. The van der Waals surface area contributed by atoms with Crippen molar-refractivity contribution >= 4 is 34.7 Å². The Kier molecular flexibility index (Phi) is 52.5. The second-order valence-electron chi connectivity index (χ2n) is 5.68. The van der Waals surface area contributed by atoms with Crippen LogP contribution in [0.25, 0.3) is 0 Å². The van der Waals surface area contributed by atoms with Crippen molar-refractivity contribution in [2.24, 2.45) is 0 Å². The van der Waals surface area contributed by atoms with E-state index in [0.29, 0.717) is 15.8 Å². The van der Waals surface area contributed by atoms with Gasteiger partial charge in [-0.15, -0.1) is 15.8 Å². The molecule has 6 heteroatoms. The van der Waals surface area contributed by atoms with Crippen molar-refractivity contribution < 1.29 is 37.5 Å². The van der Waals surface area contributed by atoms with Gasteiger partial charge >= 0.3 is 56.4 Å². The zero-order chi connectivity index (χ0) is 19.6. The molecular formula is C18H42Cl2P2Pt2. The second kappa shape index (κ2) is 36.7. The first-order valence-corrected chi connectivity index (χ1v) is 18.8. The van der Waals surface area contributed by atoms with Crippen LogP contribution in [0.4, 0.5) is 0 Å². The number of hydrogen-bond donors (Lipinski definition) is 0. The number of rotatable bonds is 12. The van der Waals surface area contributed by atoms with Crippen molar-refractivity contribution in [2.45, 2.75) is 80.1 Å². The summed E-state index contributed by atoms with van der Waals surface area (Å²) < 4.78 is 0. The molecular weight excluding hydrogens is 739 g/mol. The van der Waals surface area contributed by atoms with Crippen molar-refractivity contribution in [2.75, 3.05) is 37.0 Å². The maximum absolute atomic E-state index is 4.61. The van der Waals surface area contributed by atoms with Crippen LogP contribution in [0.1, 0.15) is 80.1 Å². The van der Waals surface area contributed by atoms with Crippen LogP contribution >= 0.6 is 34.7 Å². The Morgan fingerprint density at radius 3 is 0.625 bits per heavy atom. The van der Waals surface area contributed by atoms with E-state index in [4.69, 9.17) is 0 Å². The fraction of sp³-hybridized carbons (Fsp3) is 1.00. The van der Waals surface area contributed by atoms with Gasteiger partial charge in [-0.25, -0.2) is 0 Å². The minimum atomic E-state index is 0.439. The van der Waals surface area contributed by atoms with E-state index >= 15 is 0 Å². The third-order valence-corrected chi connectivity index (χ3v) is 9.72. The van der Waals surface area contributed by atoms with Crippen LogP contribution in [0, 0.1) is 0 Å². The van der Waals surface area contributed by atoms with Gasteiger partial charge in [0.1, 0.15) is 0 Å². The number of halogens is 2. The molecule has 0 saturated carbocycles. The van der Waals surface area contributed by atoms with Crippen LogP contribution in [-0.4, -0.2) is 37.0 Å². The van der Waals surface area contributed by atoms with Gasteiger partial charge < -0.3 is 0 Å². The quantitative estimate of drug-likeness (QED) is 0.174. The predicted molar refractivity (Wildman–Crippen MR) is 116 cm³/mol. The summed E-state index contributed by atoms with van der Waals surface area (Å²) in [4.78, 5) is 0. The molecule has 0 aromatic rings. The molecule has 0 aliphatic heterocycles. The molecule has 158 valence electrons. The molecule has 0 saturated heterocycles. The van der Waals surface area contributed by atoms with E-state index in [2.05, 4.69) is 60.4 Å². The van der Waals surface area contributed by atoms with Gasteiger partial charge in [0.05, 0.1) is 0 Å². The normalized spacial score (nSPS) is 9.58. The molecule has 0 aromatic carbocycles. The molecule has 0 aliphatic rings. The van der Waals surface area contributed by atoms with E-state index < -0.39 is 0 Å². The summed E-state index contributed by atoms with van der Waals surface area (Å²) >= 11 is 3.22. The van der Waals surface area contributed by atoms with Crippen LogP contribution in [0.3, 0.4) is 0 Å². The van der Waals surface area contributed by atoms with Crippen molar-refractivity contribution in [1.82, 2.24) is 0 Å². The zero-order valence-electron chi connectivity index (χ0n) is 16.8. The third-order valence-electron chi connectivity index (χ3n) is 3.24. The van der Waals surface area contributed by atoms with E-state index in [1.807, 2.05) is 0 Å². The summed E-state index contributed by atoms with van der Waals surface area (Å²) in [6.45, 7) is 13.8. The van der Waals surface area contributed by atoms with Crippen LogP contribution in [-0.2, 0) is 37.5 Å². The molecule has 0 heterocycles. The van der Waals surface area contributed by atoms with E-state index in [0.717, 1.165) is 0 Å². The average molecular weight is 782 g/mol. The second-order valence-corrected chi connectivity index (χ2v) is 11.0. The Hall–Kier alpha value is 2.82. The first-order valence-electron chi connectivity index (χ1n) is 9.38. The Labute approximate surface area is 187 Å². The molecule has 0 unspecified atom stereocenters. The van der Waals surface area contributed by atoms with Crippen molar-refractivity contribution in [3.05, 3.63) is 0 Å². The first kappa shape index (κ1) is 34.3. The summed E-state index contributed by atoms with van der Waals surface area (Å²) in [6.07, 6.45) is 17.4. The molecule has 0 rings (SSSR count). The summed E-state index contributed by atoms with van der Waals surface area (Å²) in [6, 6.07) is 0. The zero-order valence-corrected chi connectivity index (χ0v) is 24.6. The summed E-state index contributed by atoms with van der Waals surface area (Å²) in [5, 5.41) is 0. The van der Waals surface area contributed by atoms with E-state index in [1.165, 1.54) is 75.5 Å². The molecule has 0 amide bonds. The standard InChI is InChI=1S/2C9H21P.2ClH.2Pt/c2*1-4-7-10(8-5-2)9-6-3;;;;/h2*4-9H2,1-3H3;2*1H;;/q;;;;2*+1/p-2. The van der Waals surface area contributed by atoms with Gasteiger partial charge in [-0.05, 0) is 37.0 Å². The van der Waals surface area contributed by atoms with E-state index in [9.17, 15) is 0 Å². The van der Waals surface area contributed by atoms with E-state index in [-0.39, 0.29) is 0 Å². The SMILES string of the molecule is CCCP(CCC)CCC.CCCP(CCC)CCC.[Cl][Pt].[Cl][Pt]. The molecule has 0 N–H and O–H groups in total. The topological polar surface area (TPSA) is 0 Å². The summed E-state index contributed by atoms with van der Waals surface area (Å²) in [5.74, 6) is 0. The Morgan fingerprint density at radius 2 is 0.542 bits per heavy atom. The monoisotopic (exact) mass is 780 g/mol. The molecule has 0 fully saturated rings. The van der Waals surface area contributed by atoms with Crippen LogP contribution < -0.4 is 0 Å². The van der Waals surface area contributed by atoms with Crippen LogP contribution in [0.5, 0.6) is 0 Å². The van der Waals surface area contributed by atoms with Crippen LogP contribution in [0.2, 0.25) is 0 Å². The molecule has 0 bridgehead atoms. The molecule has 0 atom stereocenters. The van der Waals surface area contributed by atoms with Gasteiger partial charge in [-0.3, -0.25) is 0 Å². The van der Waals surface area contributed by atoms with Crippen molar-refractivity contribution in [1.29, 1.82) is 0 Å². The van der Waals surface area contributed by atoms with Crippen LogP contribution in [0.15, 0.2) is 0 Å². The molecule has 0 aliphatic carbocycles. The van der Waals surface area contributed by atoms with Crippen molar-refractivity contribution in [3.63, 3.8) is 0 Å². The molecule has 24 heavy (non-hydrogen) atoms. The average Bonchev–Trinajstić information content (AvgIpc) is 2.61. The summed E-state index contributed by atoms with van der Waals surface area (Å²) in [5.41, 5.74) is 0. The predicted octanol–water partition coefficient (Wildman–Crippen LogP) is 8.77. The minimum absolute atomic E-state index is 0.439. The number of hydrogen-bond acceptors (Lipinski definition) is 0. The molecule has 0 radical (unpaired) electrons. The van der Waals surface area contributed by atoms with Crippen molar-refractivity contribution in [3.8, 4) is 0 Å². The van der Waals surface area contributed by atoms with E-state index in [1.54, 1.807) is 37.5 Å². The fourth-order valence-corrected chi connectivity index (χ4v) is 7.70. The third kappa shape index (κ3) is 32.5. The Balaban J connectivity index is -0.000000138. The molecule has 0 nitrogen and oxygen atoms in total. The first-order chi connectivity index (χ1) is 11.7. The van der Waals surface area contributed by atoms with Gasteiger partial charge in [0, 0.05) is 0 Å². The van der Waals surface area contributed by atoms with Gasteiger partial charge in [0.25, 0.3) is 0 Å². The maximum atomic E-state index is 4.61. The summed E-state index contributed by atoms with van der Waals surface area (Å²) in [7, 11) is 10.1. The van der Waals surface area contributed by atoms with Gasteiger partial charge in [0.2, 0.25) is 0 Å². The molecule has 0 spiro atoms. The Morgan fingerprint density at radius 1 is 0.417 bits per heavy atom. The fourth-order valence-electron chi connectivity index (χ4n) is 2.57. The van der Waals surface area contributed by atoms with Gasteiger partial charge in [-0.2, -0.15) is 0 Å². The van der Waals surface area contributed by atoms with Gasteiger partial charge in [-0.1, -0.05) is 80.1 Å². The van der Waals surface area contributed by atoms with Gasteiger partial charge in [0.15, 0.2) is 0 Å². The molecule has 0 aromatic heterocycles.